The maximum absolute atomic E-state index is 13.2. The lowest BCUT2D eigenvalue weighted by Gasteiger charge is -2.16. The molecule has 0 saturated heterocycles. The van der Waals surface area contributed by atoms with E-state index >= 15 is 0 Å². The van der Waals surface area contributed by atoms with Crippen molar-refractivity contribution in [1.29, 1.82) is 0 Å². The van der Waals surface area contributed by atoms with E-state index in [4.69, 9.17) is 23.2 Å². The maximum Gasteiger partial charge on any atom is 0.274 e. The first-order valence-electron chi connectivity index (χ1n) is 8.94. The molecule has 0 aliphatic rings. The van der Waals surface area contributed by atoms with Crippen LogP contribution in [0.4, 0.5) is 5.69 Å². The fourth-order valence-corrected chi connectivity index (χ4v) is 3.79. The van der Waals surface area contributed by atoms with Gasteiger partial charge in [0.2, 0.25) is 0 Å². The fraction of sp³-hybridized carbons (Fsp3) is 0.150. The standard InChI is InChI=1S/C20H17BrCl2N6O2/c1-10-7-11(22)8-12(17(24-2)20(31)25-3)16(10)27-19(30)14-9-15(21)28-29(14)18-13(23)5-4-6-26-18/h4-9H,1-3H3,(H,25,31)(H,27,30)/b24-17+. The number of hydrogen-bond acceptors (Lipinski definition) is 5. The van der Waals surface area contributed by atoms with Crippen LogP contribution in [0.3, 0.4) is 0 Å². The Morgan fingerprint density at radius 2 is 1.97 bits per heavy atom. The predicted octanol–water partition coefficient (Wildman–Crippen LogP) is 4.06. The normalized spacial score (nSPS) is 11.4. The summed E-state index contributed by atoms with van der Waals surface area (Å²) in [6, 6.07) is 8.12. The molecule has 3 aromatic rings. The minimum Gasteiger partial charge on any atom is -0.354 e. The number of aliphatic imine (C=N–C) groups is 1. The van der Waals surface area contributed by atoms with Crippen LogP contribution < -0.4 is 10.6 Å². The Bertz CT molecular complexity index is 1210. The van der Waals surface area contributed by atoms with Gasteiger partial charge in [-0.1, -0.05) is 23.2 Å². The SMILES string of the molecule is C/N=C(/C(=O)NC)c1cc(Cl)cc(C)c1NC(=O)c1cc(Br)nn1-c1ncccc1Cl. The highest BCUT2D eigenvalue weighted by molar-refractivity contribution is 9.10. The number of halogens is 3. The number of carbonyl (C=O) groups excluding carboxylic acids is 2. The zero-order valence-corrected chi connectivity index (χ0v) is 19.8. The average Bonchev–Trinajstić information content (AvgIpc) is 3.12. The number of hydrogen-bond donors (Lipinski definition) is 2. The molecular weight excluding hydrogens is 507 g/mol. The van der Waals surface area contributed by atoms with Gasteiger partial charge in [-0.05, 0) is 52.7 Å². The van der Waals surface area contributed by atoms with Crippen molar-refractivity contribution in [2.24, 2.45) is 4.99 Å². The van der Waals surface area contributed by atoms with Crippen LogP contribution in [0.1, 0.15) is 21.6 Å². The number of rotatable bonds is 5. The first kappa shape index (κ1) is 22.9. The third-order valence-electron chi connectivity index (χ3n) is 4.31. The van der Waals surface area contributed by atoms with E-state index < -0.39 is 11.8 Å². The number of carbonyl (C=O) groups is 2. The summed E-state index contributed by atoms with van der Waals surface area (Å²) >= 11 is 15.7. The first-order chi connectivity index (χ1) is 14.8. The summed E-state index contributed by atoms with van der Waals surface area (Å²) in [6.45, 7) is 1.77. The van der Waals surface area contributed by atoms with Gasteiger partial charge in [0.05, 0.1) is 10.7 Å². The van der Waals surface area contributed by atoms with Gasteiger partial charge in [0.1, 0.15) is 16.0 Å². The number of benzene rings is 1. The molecule has 8 nitrogen and oxygen atoms in total. The summed E-state index contributed by atoms with van der Waals surface area (Å²) in [5.41, 5.74) is 1.76. The van der Waals surface area contributed by atoms with Gasteiger partial charge in [-0.2, -0.15) is 5.10 Å². The number of aryl methyl sites for hydroxylation is 1. The lowest BCUT2D eigenvalue weighted by molar-refractivity contribution is -0.114. The molecule has 0 unspecified atom stereocenters. The van der Waals surface area contributed by atoms with Gasteiger partial charge in [-0.3, -0.25) is 14.6 Å². The molecule has 0 aliphatic heterocycles. The Balaban J connectivity index is 2.09. The van der Waals surface area contributed by atoms with Gasteiger partial charge in [0, 0.05) is 36.9 Å². The zero-order valence-electron chi connectivity index (χ0n) is 16.7. The van der Waals surface area contributed by atoms with E-state index in [1.165, 1.54) is 18.8 Å². The number of amides is 2. The second-order valence-electron chi connectivity index (χ2n) is 6.32. The molecule has 0 fully saturated rings. The lowest BCUT2D eigenvalue weighted by Crippen LogP contribution is -2.30. The number of pyridine rings is 1. The second kappa shape index (κ2) is 9.59. The highest BCUT2D eigenvalue weighted by Gasteiger charge is 2.23. The maximum atomic E-state index is 13.2. The molecule has 31 heavy (non-hydrogen) atoms. The van der Waals surface area contributed by atoms with Crippen LogP contribution in [0.15, 0.2) is 46.1 Å². The monoisotopic (exact) mass is 522 g/mol. The Morgan fingerprint density at radius 3 is 2.61 bits per heavy atom. The number of anilines is 1. The molecule has 3 rings (SSSR count). The molecule has 0 aliphatic carbocycles. The summed E-state index contributed by atoms with van der Waals surface area (Å²) in [4.78, 5) is 33.8. The molecule has 2 heterocycles. The van der Waals surface area contributed by atoms with E-state index in [-0.39, 0.29) is 11.4 Å². The van der Waals surface area contributed by atoms with E-state index in [0.717, 1.165) is 0 Å². The van der Waals surface area contributed by atoms with E-state index in [2.05, 4.69) is 41.6 Å². The fourth-order valence-electron chi connectivity index (χ4n) is 2.94. The molecule has 11 heteroatoms. The van der Waals surface area contributed by atoms with Crippen molar-refractivity contribution in [1.82, 2.24) is 20.1 Å². The summed E-state index contributed by atoms with van der Waals surface area (Å²) in [7, 11) is 2.98. The molecule has 0 bridgehead atoms. The molecule has 2 aromatic heterocycles. The zero-order chi connectivity index (χ0) is 22.7. The average molecular weight is 524 g/mol. The quantitative estimate of drug-likeness (QED) is 0.492. The molecule has 0 radical (unpaired) electrons. The smallest absolute Gasteiger partial charge is 0.274 e. The van der Waals surface area contributed by atoms with Crippen LogP contribution in [-0.2, 0) is 4.79 Å². The van der Waals surface area contributed by atoms with E-state index in [1.807, 2.05) is 0 Å². The van der Waals surface area contributed by atoms with Gasteiger partial charge in [-0.25, -0.2) is 9.67 Å². The summed E-state index contributed by atoms with van der Waals surface area (Å²) < 4.78 is 1.76. The summed E-state index contributed by atoms with van der Waals surface area (Å²) in [5.74, 6) is -0.596. The molecule has 2 amide bonds. The van der Waals surface area contributed by atoms with Crippen LogP contribution in [0.5, 0.6) is 0 Å². The molecular formula is C20H17BrCl2N6O2. The molecule has 1 aromatic carbocycles. The molecule has 0 spiro atoms. The third kappa shape index (κ3) is 4.79. The van der Waals surface area contributed by atoms with Crippen molar-refractivity contribution in [3.05, 3.63) is 68.0 Å². The van der Waals surface area contributed by atoms with Gasteiger partial charge in [0.25, 0.3) is 11.8 Å². The Hall–Kier alpha value is -2.75. The van der Waals surface area contributed by atoms with E-state index in [9.17, 15) is 9.59 Å². The Morgan fingerprint density at radius 1 is 1.23 bits per heavy atom. The Labute approximate surface area is 196 Å². The van der Waals surface area contributed by atoms with Crippen LogP contribution in [0.25, 0.3) is 5.82 Å². The predicted molar refractivity (Wildman–Crippen MR) is 125 cm³/mol. The first-order valence-corrected chi connectivity index (χ1v) is 10.5. The highest BCUT2D eigenvalue weighted by atomic mass is 79.9. The van der Waals surface area contributed by atoms with Crippen molar-refractivity contribution < 1.29 is 9.59 Å². The summed E-state index contributed by atoms with van der Waals surface area (Å²) in [5, 5.41) is 10.4. The third-order valence-corrected chi connectivity index (χ3v) is 5.21. The topological polar surface area (TPSA) is 101 Å². The number of nitrogens with zero attached hydrogens (tertiary/aromatic N) is 4. The minimum atomic E-state index is -0.487. The number of aromatic nitrogens is 3. The van der Waals surface area contributed by atoms with Crippen molar-refractivity contribution in [3.63, 3.8) is 0 Å². The van der Waals surface area contributed by atoms with Crippen molar-refractivity contribution in [2.75, 3.05) is 19.4 Å². The van der Waals surface area contributed by atoms with Gasteiger partial charge in [0.15, 0.2) is 5.82 Å². The highest BCUT2D eigenvalue weighted by Crippen LogP contribution is 2.28. The van der Waals surface area contributed by atoms with Gasteiger partial charge in [-0.15, -0.1) is 0 Å². The molecule has 2 N–H and O–H groups in total. The lowest BCUT2D eigenvalue weighted by atomic mass is 10.0. The second-order valence-corrected chi connectivity index (χ2v) is 7.98. The van der Waals surface area contributed by atoms with Crippen molar-refractivity contribution >= 4 is 62.3 Å². The minimum absolute atomic E-state index is 0.130. The van der Waals surface area contributed by atoms with Gasteiger partial charge >= 0.3 is 0 Å². The van der Waals surface area contributed by atoms with E-state index in [1.54, 1.807) is 43.5 Å². The number of likely N-dealkylation sites (N-methyl/N-ethyl adjacent to an activating group) is 1. The van der Waals surface area contributed by atoms with Gasteiger partial charge < -0.3 is 10.6 Å². The van der Waals surface area contributed by atoms with Crippen molar-refractivity contribution in [2.45, 2.75) is 6.92 Å². The van der Waals surface area contributed by atoms with Crippen molar-refractivity contribution in [3.8, 4) is 5.82 Å². The number of nitrogens with one attached hydrogen (secondary N) is 2. The van der Waals surface area contributed by atoms with Crippen LogP contribution in [0.2, 0.25) is 10.0 Å². The Kier molecular flexibility index (Phi) is 7.09. The largest absolute Gasteiger partial charge is 0.354 e. The van der Waals surface area contributed by atoms with Crippen LogP contribution in [0, 0.1) is 6.92 Å². The van der Waals surface area contributed by atoms with Crippen LogP contribution in [-0.4, -0.2) is 46.4 Å². The summed E-state index contributed by atoms with van der Waals surface area (Å²) in [6.07, 6.45) is 1.55. The molecule has 160 valence electrons. The molecule has 0 atom stereocenters. The van der Waals surface area contributed by atoms with Crippen LogP contribution >= 0.6 is 39.1 Å². The molecule has 0 saturated carbocycles. The van der Waals surface area contributed by atoms with E-state index in [0.29, 0.717) is 37.3 Å².